The predicted octanol–water partition coefficient (Wildman–Crippen LogP) is 1.54. The zero-order valence-corrected chi connectivity index (χ0v) is 8.21. The predicted molar refractivity (Wildman–Crippen MR) is 51.1 cm³/mol. The van der Waals surface area contributed by atoms with E-state index >= 15 is 0 Å². The fourth-order valence-electron chi connectivity index (χ4n) is 1.78. The van der Waals surface area contributed by atoms with Gasteiger partial charge >= 0.3 is 0 Å². The Balaban J connectivity index is 2.01. The minimum absolute atomic E-state index is 0.00139. The van der Waals surface area contributed by atoms with E-state index in [9.17, 15) is 0 Å². The molecule has 0 bridgehead atoms. The van der Waals surface area contributed by atoms with Gasteiger partial charge in [0.05, 0.1) is 6.10 Å². The molecule has 0 saturated heterocycles. The summed E-state index contributed by atoms with van der Waals surface area (Å²) in [6, 6.07) is 0.683. The van der Waals surface area contributed by atoms with E-state index in [2.05, 4.69) is 19.2 Å². The Hall–Kier alpha value is -0.0800. The van der Waals surface area contributed by atoms with E-state index in [1.54, 1.807) is 0 Å². The molecule has 1 aliphatic rings. The van der Waals surface area contributed by atoms with Crippen LogP contribution in [0.3, 0.4) is 0 Å². The number of aliphatic hydroxyl groups excluding tert-OH is 1. The molecule has 1 fully saturated rings. The molecule has 1 aliphatic carbocycles. The highest BCUT2D eigenvalue weighted by molar-refractivity contribution is 4.81. The molecule has 0 aromatic rings. The molecule has 0 aromatic heterocycles. The van der Waals surface area contributed by atoms with Crippen molar-refractivity contribution in [2.45, 2.75) is 51.7 Å². The molecule has 2 nitrogen and oxygen atoms in total. The van der Waals surface area contributed by atoms with Gasteiger partial charge in [0.25, 0.3) is 0 Å². The first kappa shape index (κ1) is 10.0. The summed E-state index contributed by atoms with van der Waals surface area (Å²) in [6.45, 7) is 5.54. The van der Waals surface area contributed by atoms with Crippen molar-refractivity contribution >= 4 is 0 Å². The Kier molecular flexibility index (Phi) is 4.02. The molecule has 0 spiro atoms. The molecular weight excluding hydrogens is 150 g/mol. The highest BCUT2D eigenvalue weighted by atomic mass is 16.3. The molecule has 0 unspecified atom stereocenters. The van der Waals surface area contributed by atoms with Crippen LogP contribution in [0.2, 0.25) is 0 Å². The maximum Gasteiger partial charge on any atom is 0.0546 e. The zero-order valence-electron chi connectivity index (χ0n) is 8.21. The number of hydrogen-bond acceptors (Lipinski definition) is 2. The molecule has 0 atom stereocenters. The van der Waals surface area contributed by atoms with Crippen LogP contribution < -0.4 is 5.32 Å². The molecule has 0 heterocycles. The van der Waals surface area contributed by atoms with E-state index in [1.807, 2.05) is 0 Å². The number of rotatable bonds is 5. The normalized spacial score (nSPS) is 29.0. The summed E-state index contributed by atoms with van der Waals surface area (Å²) < 4.78 is 0. The standard InChI is InChI=1S/C10H21NO/c1-3-9(4-2)11-7-8-5-10(12)6-8/h8-12H,3-7H2,1-2H3. The molecule has 12 heavy (non-hydrogen) atoms. The van der Waals surface area contributed by atoms with Crippen molar-refractivity contribution < 1.29 is 5.11 Å². The lowest BCUT2D eigenvalue weighted by atomic mass is 9.82. The van der Waals surface area contributed by atoms with Crippen LogP contribution in [0.4, 0.5) is 0 Å². The van der Waals surface area contributed by atoms with E-state index in [1.165, 1.54) is 12.8 Å². The van der Waals surface area contributed by atoms with E-state index in [0.29, 0.717) is 6.04 Å². The third-order valence-corrected chi connectivity index (χ3v) is 2.89. The van der Waals surface area contributed by atoms with Crippen LogP contribution in [0, 0.1) is 5.92 Å². The Morgan fingerprint density at radius 2 is 1.92 bits per heavy atom. The summed E-state index contributed by atoms with van der Waals surface area (Å²) in [4.78, 5) is 0. The zero-order chi connectivity index (χ0) is 8.97. The SMILES string of the molecule is CCC(CC)NCC1CC(O)C1. The fourth-order valence-corrected chi connectivity index (χ4v) is 1.78. The van der Waals surface area contributed by atoms with Crippen molar-refractivity contribution in [1.29, 1.82) is 0 Å². The van der Waals surface area contributed by atoms with Gasteiger partial charge in [0, 0.05) is 6.04 Å². The fraction of sp³-hybridized carbons (Fsp3) is 1.00. The first-order chi connectivity index (χ1) is 5.76. The molecule has 2 N–H and O–H groups in total. The van der Waals surface area contributed by atoms with E-state index in [0.717, 1.165) is 25.3 Å². The molecule has 1 rings (SSSR count). The summed E-state index contributed by atoms with van der Waals surface area (Å²) in [6.07, 6.45) is 4.44. The first-order valence-corrected chi connectivity index (χ1v) is 5.17. The lowest BCUT2D eigenvalue weighted by molar-refractivity contribution is 0.0417. The second-order valence-electron chi connectivity index (χ2n) is 3.91. The molecule has 1 saturated carbocycles. The van der Waals surface area contributed by atoms with Crippen molar-refractivity contribution in [3.63, 3.8) is 0 Å². The minimum atomic E-state index is -0.00139. The highest BCUT2D eigenvalue weighted by Gasteiger charge is 2.26. The van der Waals surface area contributed by atoms with Crippen LogP contribution in [0.25, 0.3) is 0 Å². The lowest BCUT2D eigenvalue weighted by Gasteiger charge is -2.32. The van der Waals surface area contributed by atoms with Crippen LogP contribution in [-0.4, -0.2) is 23.8 Å². The number of hydrogen-bond donors (Lipinski definition) is 2. The third-order valence-electron chi connectivity index (χ3n) is 2.89. The van der Waals surface area contributed by atoms with Crippen LogP contribution in [0.15, 0.2) is 0 Å². The van der Waals surface area contributed by atoms with Gasteiger partial charge in [-0.2, -0.15) is 0 Å². The maximum absolute atomic E-state index is 9.07. The summed E-state index contributed by atoms with van der Waals surface area (Å²) in [5.74, 6) is 0.737. The van der Waals surface area contributed by atoms with Gasteiger partial charge in [-0.25, -0.2) is 0 Å². The van der Waals surface area contributed by atoms with Gasteiger partial charge in [-0.1, -0.05) is 13.8 Å². The molecule has 0 aliphatic heterocycles. The van der Waals surface area contributed by atoms with Gasteiger partial charge in [-0.15, -0.1) is 0 Å². The largest absolute Gasteiger partial charge is 0.393 e. The lowest BCUT2D eigenvalue weighted by Crippen LogP contribution is -2.39. The van der Waals surface area contributed by atoms with E-state index < -0.39 is 0 Å². The summed E-state index contributed by atoms with van der Waals surface area (Å²) in [5, 5.41) is 12.6. The first-order valence-electron chi connectivity index (χ1n) is 5.17. The van der Waals surface area contributed by atoms with Crippen LogP contribution in [-0.2, 0) is 0 Å². The molecule has 2 heteroatoms. The monoisotopic (exact) mass is 171 g/mol. The van der Waals surface area contributed by atoms with Gasteiger partial charge < -0.3 is 10.4 Å². The summed E-state index contributed by atoms with van der Waals surface area (Å²) in [7, 11) is 0. The Morgan fingerprint density at radius 1 is 1.33 bits per heavy atom. The Morgan fingerprint density at radius 3 is 2.33 bits per heavy atom. The van der Waals surface area contributed by atoms with Gasteiger partial charge in [0.1, 0.15) is 0 Å². The van der Waals surface area contributed by atoms with E-state index in [-0.39, 0.29) is 6.10 Å². The topological polar surface area (TPSA) is 32.3 Å². The van der Waals surface area contributed by atoms with Gasteiger partial charge in [0.15, 0.2) is 0 Å². The number of nitrogens with one attached hydrogen (secondary N) is 1. The smallest absolute Gasteiger partial charge is 0.0546 e. The van der Waals surface area contributed by atoms with Gasteiger partial charge in [-0.05, 0) is 38.1 Å². The molecule has 0 amide bonds. The van der Waals surface area contributed by atoms with Gasteiger partial charge in [0.2, 0.25) is 0 Å². The van der Waals surface area contributed by atoms with Crippen molar-refractivity contribution in [2.75, 3.05) is 6.54 Å². The summed E-state index contributed by atoms with van der Waals surface area (Å²) >= 11 is 0. The Bertz CT molecular complexity index is 117. The molecule has 0 radical (unpaired) electrons. The van der Waals surface area contributed by atoms with E-state index in [4.69, 9.17) is 5.11 Å². The van der Waals surface area contributed by atoms with Crippen LogP contribution in [0.5, 0.6) is 0 Å². The van der Waals surface area contributed by atoms with Crippen molar-refractivity contribution in [2.24, 2.45) is 5.92 Å². The van der Waals surface area contributed by atoms with Crippen molar-refractivity contribution in [3.05, 3.63) is 0 Å². The molecule has 72 valence electrons. The number of aliphatic hydroxyl groups is 1. The second kappa shape index (κ2) is 4.83. The molecular formula is C10H21NO. The Labute approximate surface area is 75.4 Å². The molecule has 0 aromatic carbocycles. The van der Waals surface area contributed by atoms with Crippen LogP contribution >= 0.6 is 0 Å². The second-order valence-corrected chi connectivity index (χ2v) is 3.91. The highest BCUT2D eigenvalue weighted by Crippen LogP contribution is 2.26. The maximum atomic E-state index is 9.07. The average molecular weight is 171 g/mol. The minimum Gasteiger partial charge on any atom is -0.393 e. The third kappa shape index (κ3) is 2.76. The van der Waals surface area contributed by atoms with Crippen LogP contribution in [0.1, 0.15) is 39.5 Å². The van der Waals surface area contributed by atoms with Crippen molar-refractivity contribution in [3.8, 4) is 0 Å². The van der Waals surface area contributed by atoms with Gasteiger partial charge in [-0.3, -0.25) is 0 Å². The van der Waals surface area contributed by atoms with Crippen molar-refractivity contribution in [1.82, 2.24) is 5.32 Å². The summed E-state index contributed by atoms with van der Waals surface area (Å²) in [5.41, 5.74) is 0. The average Bonchev–Trinajstić information content (AvgIpc) is 2.03. The quantitative estimate of drug-likeness (QED) is 0.657.